The van der Waals surface area contributed by atoms with E-state index in [1.807, 2.05) is 36.4 Å². The number of alkyl carbamates (subject to hydrolysis) is 1. The highest BCUT2D eigenvalue weighted by Crippen LogP contribution is 2.44. The third kappa shape index (κ3) is 4.45. The fourth-order valence-electron chi connectivity index (χ4n) is 3.80. The molecule has 0 spiro atoms. The van der Waals surface area contributed by atoms with Crippen LogP contribution in [0.5, 0.6) is 0 Å². The van der Waals surface area contributed by atoms with E-state index in [-0.39, 0.29) is 18.4 Å². The van der Waals surface area contributed by atoms with Gasteiger partial charge in [0.1, 0.15) is 19.2 Å². The number of amides is 2. The van der Waals surface area contributed by atoms with Crippen LogP contribution in [-0.2, 0) is 14.3 Å². The van der Waals surface area contributed by atoms with Gasteiger partial charge in [0.05, 0.1) is 0 Å². The molecule has 0 radical (unpaired) electrons. The molecule has 2 N–H and O–H groups in total. The Morgan fingerprint density at radius 1 is 1.03 bits per heavy atom. The number of likely N-dealkylation sites (N-methyl/N-ethyl adjacent to an activating group) is 1. The molecule has 1 atom stereocenters. The summed E-state index contributed by atoms with van der Waals surface area (Å²) >= 11 is 0. The van der Waals surface area contributed by atoms with E-state index < -0.39 is 30.6 Å². The second kappa shape index (κ2) is 8.98. The first-order valence-corrected chi connectivity index (χ1v) is 9.88. The van der Waals surface area contributed by atoms with Gasteiger partial charge in [-0.25, -0.2) is 4.79 Å². The van der Waals surface area contributed by atoms with E-state index in [2.05, 4.69) is 17.4 Å². The van der Waals surface area contributed by atoms with Crippen molar-refractivity contribution in [2.75, 3.05) is 20.2 Å². The number of benzene rings is 2. The fourth-order valence-corrected chi connectivity index (χ4v) is 3.80. The minimum atomic E-state index is -1.12. The molecule has 2 aromatic rings. The van der Waals surface area contributed by atoms with Crippen molar-refractivity contribution in [3.63, 3.8) is 0 Å². The van der Waals surface area contributed by atoms with Crippen LogP contribution in [0.2, 0.25) is 0 Å². The molecule has 0 saturated carbocycles. The first kappa shape index (κ1) is 21.4. The Morgan fingerprint density at radius 3 is 2.07 bits per heavy atom. The van der Waals surface area contributed by atoms with Crippen molar-refractivity contribution in [3.8, 4) is 11.1 Å². The number of fused-ring (bicyclic) bond motifs is 3. The average molecular weight is 410 g/mol. The highest BCUT2D eigenvalue weighted by atomic mass is 16.5. The Morgan fingerprint density at radius 2 is 1.57 bits per heavy atom. The van der Waals surface area contributed by atoms with Gasteiger partial charge in [-0.2, -0.15) is 0 Å². The summed E-state index contributed by atoms with van der Waals surface area (Å²) in [7, 11) is 1.39. The summed E-state index contributed by atoms with van der Waals surface area (Å²) in [6.45, 7) is 3.26. The lowest BCUT2D eigenvalue weighted by Crippen LogP contribution is -2.51. The molecule has 0 fully saturated rings. The zero-order valence-corrected chi connectivity index (χ0v) is 17.3. The van der Waals surface area contributed by atoms with Crippen LogP contribution in [0.15, 0.2) is 48.5 Å². The molecule has 7 heteroatoms. The smallest absolute Gasteiger partial charge is 0.407 e. The Balaban J connectivity index is 1.68. The van der Waals surface area contributed by atoms with Crippen LogP contribution in [0, 0.1) is 5.92 Å². The van der Waals surface area contributed by atoms with E-state index in [1.54, 1.807) is 13.8 Å². The van der Waals surface area contributed by atoms with Gasteiger partial charge < -0.3 is 20.1 Å². The third-order valence-electron chi connectivity index (χ3n) is 5.30. The van der Waals surface area contributed by atoms with Crippen LogP contribution in [0.4, 0.5) is 4.79 Å². The van der Waals surface area contributed by atoms with Gasteiger partial charge in [-0.1, -0.05) is 62.4 Å². The molecule has 0 heterocycles. The molecule has 1 unspecified atom stereocenters. The van der Waals surface area contributed by atoms with Crippen molar-refractivity contribution in [2.45, 2.75) is 25.8 Å². The van der Waals surface area contributed by atoms with Crippen molar-refractivity contribution in [1.82, 2.24) is 10.2 Å². The number of ether oxygens (including phenoxy) is 1. The molecule has 30 heavy (non-hydrogen) atoms. The van der Waals surface area contributed by atoms with Gasteiger partial charge in [-0.15, -0.1) is 0 Å². The normalized spacial score (nSPS) is 13.3. The SMILES string of the molecule is CC(C)C(NC(=O)OCC1c2ccccc2-c2ccccc21)C(=O)N(C)CC(=O)O. The minimum absolute atomic E-state index is 0.0777. The Bertz CT molecular complexity index is 911. The Labute approximate surface area is 175 Å². The number of nitrogens with zero attached hydrogens (tertiary/aromatic N) is 1. The standard InChI is InChI=1S/C23H26N2O5/c1-14(2)21(22(28)25(3)12-20(26)27)24-23(29)30-13-19-17-10-6-4-8-15(17)16-9-5-7-11-18(16)19/h4-11,14,19,21H,12-13H2,1-3H3,(H,24,29)(H,26,27). The van der Waals surface area contributed by atoms with Crippen LogP contribution in [0.3, 0.4) is 0 Å². The lowest BCUT2D eigenvalue weighted by atomic mass is 9.98. The molecule has 2 amide bonds. The lowest BCUT2D eigenvalue weighted by molar-refractivity contribution is -0.144. The number of rotatable bonds is 7. The van der Waals surface area contributed by atoms with Gasteiger partial charge in [0.15, 0.2) is 0 Å². The number of carbonyl (C=O) groups excluding carboxylic acids is 2. The number of carboxylic acids is 1. The molecule has 7 nitrogen and oxygen atoms in total. The van der Waals surface area contributed by atoms with Crippen molar-refractivity contribution in [2.24, 2.45) is 5.92 Å². The minimum Gasteiger partial charge on any atom is -0.480 e. The van der Waals surface area contributed by atoms with Gasteiger partial charge in [-0.05, 0) is 28.2 Å². The summed E-state index contributed by atoms with van der Waals surface area (Å²) in [5.74, 6) is -1.89. The second-order valence-corrected chi connectivity index (χ2v) is 7.78. The first-order chi connectivity index (χ1) is 14.3. The topological polar surface area (TPSA) is 95.9 Å². The van der Waals surface area contributed by atoms with E-state index in [0.717, 1.165) is 27.2 Å². The predicted molar refractivity (Wildman–Crippen MR) is 112 cm³/mol. The van der Waals surface area contributed by atoms with E-state index in [9.17, 15) is 14.4 Å². The molecule has 158 valence electrons. The second-order valence-electron chi connectivity index (χ2n) is 7.78. The fraction of sp³-hybridized carbons (Fsp3) is 0.348. The monoisotopic (exact) mass is 410 g/mol. The predicted octanol–water partition coefficient (Wildman–Crippen LogP) is 3.09. The number of hydrogen-bond acceptors (Lipinski definition) is 4. The lowest BCUT2D eigenvalue weighted by Gasteiger charge is -2.26. The molecule has 1 aliphatic rings. The summed E-state index contributed by atoms with van der Waals surface area (Å²) in [6, 6.07) is 15.2. The zero-order valence-electron chi connectivity index (χ0n) is 17.3. The Kier molecular flexibility index (Phi) is 6.40. The molecule has 0 saturated heterocycles. The third-order valence-corrected chi connectivity index (χ3v) is 5.30. The number of carboxylic acid groups (broad SMARTS) is 1. The van der Waals surface area contributed by atoms with Gasteiger partial charge in [0.25, 0.3) is 0 Å². The maximum absolute atomic E-state index is 12.5. The van der Waals surface area contributed by atoms with Crippen LogP contribution >= 0.6 is 0 Å². The zero-order chi connectivity index (χ0) is 21.8. The van der Waals surface area contributed by atoms with E-state index in [1.165, 1.54) is 7.05 Å². The first-order valence-electron chi connectivity index (χ1n) is 9.88. The highest BCUT2D eigenvalue weighted by molar-refractivity contribution is 5.88. The molecular weight excluding hydrogens is 384 g/mol. The average Bonchev–Trinajstić information content (AvgIpc) is 3.03. The summed E-state index contributed by atoms with van der Waals surface area (Å²) in [5.41, 5.74) is 4.47. The molecule has 0 aliphatic heterocycles. The molecule has 0 bridgehead atoms. The summed E-state index contributed by atoms with van der Waals surface area (Å²) < 4.78 is 5.49. The van der Waals surface area contributed by atoms with Crippen LogP contribution < -0.4 is 5.32 Å². The van der Waals surface area contributed by atoms with Gasteiger partial charge in [0.2, 0.25) is 5.91 Å². The molecule has 0 aromatic heterocycles. The molecule has 3 rings (SSSR count). The quantitative estimate of drug-likeness (QED) is 0.731. The number of aliphatic carboxylic acids is 1. The van der Waals surface area contributed by atoms with Crippen LogP contribution in [0.1, 0.15) is 30.9 Å². The maximum atomic E-state index is 12.5. The molecule has 2 aromatic carbocycles. The van der Waals surface area contributed by atoms with Crippen LogP contribution in [0.25, 0.3) is 11.1 Å². The number of hydrogen-bond donors (Lipinski definition) is 2. The molecular formula is C23H26N2O5. The summed E-state index contributed by atoms with van der Waals surface area (Å²) in [4.78, 5) is 37.0. The van der Waals surface area contributed by atoms with Crippen molar-refractivity contribution in [3.05, 3.63) is 59.7 Å². The van der Waals surface area contributed by atoms with Gasteiger partial charge in [-0.3, -0.25) is 9.59 Å². The van der Waals surface area contributed by atoms with Crippen molar-refractivity contribution in [1.29, 1.82) is 0 Å². The summed E-state index contributed by atoms with van der Waals surface area (Å²) in [5, 5.41) is 11.5. The van der Waals surface area contributed by atoms with E-state index in [0.29, 0.717) is 0 Å². The van der Waals surface area contributed by atoms with Gasteiger partial charge >= 0.3 is 12.1 Å². The van der Waals surface area contributed by atoms with Gasteiger partial charge in [0, 0.05) is 13.0 Å². The maximum Gasteiger partial charge on any atom is 0.407 e. The molecule has 1 aliphatic carbocycles. The van der Waals surface area contributed by atoms with Crippen molar-refractivity contribution < 1.29 is 24.2 Å². The van der Waals surface area contributed by atoms with Crippen LogP contribution in [-0.4, -0.2) is 54.2 Å². The van der Waals surface area contributed by atoms with E-state index >= 15 is 0 Å². The number of nitrogens with one attached hydrogen (secondary N) is 1. The Hall–Kier alpha value is -3.35. The van der Waals surface area contributed by atoms with E-state index in [4.69, 9.17) is 9.84 Å². The highest BCUT2D eigenvalue weighted by Gasteiger charge is 2.31. The summed E-state index contributed by atoms with van der Waals surface area (Å²) in [6.07, 6.45) is -0.701. The number of carbonyl (C=O) groups is 3. The largest absolute Gasteiger partial charge is 0.480 e. The van der Waals surface area contributed by atoms with Crippen molar-refractivity contribution >= 4 is 18.0 Å².